The maximum absolute atomic E-state index is 10.0. The van der Waals surface area contributed by atoms with Crippen LogP contribution in [0.5, 0.6) is 0 Å². The summed E-state index contributed by atoms with van der Waals surface area (Å²) in [5, 5.41) is 16.1. The summed E-state index contributed by atoms with van der Waals surface area (Å²) < 4.78 is 9.47. The van der Waals surface area contributed by atoms with Crippen molar-refractivity contribution in [3.63, 3.8) is 0 Å². The predicted molar refractivity (Wildman–Crippen MR) is 45.2 cm³/mol. The molecule has 0 aliphatic carbocycles. The summed E-state index contributed by atoms with van der Waals surface area (Å²) in [6.45, 7) is 0. The molecule has 0 aromatic carbocycles. The summed E-state index contributed by atoms with van der Waals surface area (Å²) in [6.07, 6.45) is 0.433. The van der Waals surface area contributed by atoms with E-state index in [1.54, 1.807) is 0 Å². The summed E-state index contributed by atoms with van der Waals surface area (Å²) in [5.41, 5.74) is 0. The van der Waals surface area contributed by atoms with E-state index in [2.05, 4.69) is 0 Å². The first-order valence-corrected chi connectivity index (χ1v) is 3.99. The number of carbonyl (C=O) groups is 2. The molecule has 58 valence electrons. The van der Waals surface area contributed by atoms with Crippen molar-refractivity contribution in [2.24, 2.45) is 0 Å². The Morgan fingerprint density at radius 1 is 1.27 bits per heavy atom. The molecule has 0 rings (SSSR count). The second kappa shape index (κ2) is 6.89. The van der Waals surface area contributed by atoms with Crippen LogP contribution in [0.1, 0.15) is 0 Å². The Balaban J connectivity index is 0. The summed E-state index contributed by atoms with van der Waals surface area (Å²) in [6, 6.07) is 0. The van der Waals surface area contributed by atoms with Crippen LogP contribution in [-0.2, 0) is 12.7 Å². The third-order valence-corrected chi connectivity index (χ3v) is 1.78. The number of halogens is 1. The van der Waals surface area contributed by atoms with Crippen molar-refractivity contribution in [1.82, 2.24) is 0 Å². The molecule has 0 saturated heterocycles. The summed E-state index contributed by atoms with van der Waals surface area (Å²) in [5.74, 6) is -2.84. The molecule has 0 heterocycles. The van der Waals surface area contributed by atoms with Gasteiger partial charge in [-0.05, 0) is 0 Å². The molecule has 11 heavy (non-hydrogen) atoms. The van der Waals surface area contributed by atoms with Gasteiger partial charge in [0.05, 0.1) is 0 Å². The fourth-order valence-corrected chi connectivity index (χ4v) is 0.807. The van der Waals surface area contributed by atoms with Gasteiger partial charge in [-0.25, -0.2) is 9.59 Å². The Morgan fingerprint density at radius 2 is 1.73 bits per heavy atom. The molecule has 0 radical (unpaired) electrons. The number of hydrogen-bond acceptors (Lipinski definition) is 3. The number of rotatable bonds is 3. The van der Waals surface area contributed by atoms with E-state index in [9.17, 15) is 12.7 Å². The number of hydrogen-bond donors (Lipinski definition) is 2. The van der Waals surface area contributed by atoms with Gasteiger partial charge in [-0.2, -0.15) is 0 Å². The van der Waals surface area contributed by atoms with Crippen LogP contribution < -0.4 is 0 Å². The monoisotopic (exact) mass is 282 g/mol. The minimum atomic E-state index is -1.90. The Kier molecular flexibility index (Phi) is 8.63. The average molecular weight is 282 g/mol. The molecular formula is C4H4INaO5. The molecule has 0 aliphatic heterocycles. The predicted octanol–water partition coefficient (Wildman–Crippen LogP) is -0.293. The van der Waals surface area contributed by atoms with Crippen LogP contribution in [0.25, 0.3) is 0 Å². The molecular weight excluding hydrogens is 278 g/mol. The van der Waals surface area contributed by atoms with Gasteiger partial charge >= 0.3 is 41.5 Å². The fraction of sp³-hybridized carbons (Fsp3) is 0. The van der Waals surface area contributed by atoms with E-state index >= 15 is 0 Å². The van der Waals surface area contributed by atoms with Gasteiger partial charge in [0.2, 0.25) is 0 Å². The molecule has 0 spiro atoms. The van der Waals surface area contributed by atoms with Gasteiger partial charge in [-0.15, -0.1) is 0 Å². The second-order valence-electron chi connectivity index (χ2n) is 1.21. The summed E-state index contributed by atoms with van der Waals surface area (Å²) in [4.78, 5) is 19.8. The Hall–Kier alpha value is 0.210. The van der Waals surface area contributed by atoms with Gasteiger partial charge in [-0.3, -0.25) is 3.07 Å². The van der Waals surface area contributed by atoms with E-state index in [-0.39, 0.29) is 29.6 Å². The van der Waals surface area contributed by atoms with Gasteiger partial charge in [0, 0.05) is 6.08 Å². The van der Waals surface area contributed by atoms with Crippen LogP contribution in [0.3, 0.4) is 0 Å². The van der Waals surface area contributed by atoms with Crippen molar-refractivity contribution < 1.29 is 22.9 Å². The SMILES string of the molecule is O=I/C(=C\C(=O)O)C(=O)O.[NaH]. The van der Waals surface area contributed by atoms with Crippen molar-refractivity contribution in [3.8, 4) is 0 Å². The zero-order chi connectivity index (χ0) is 8.15. The second-order valence-corrected chi connectivity index (χ2v) is 2.82. The van der Waals surface area contributed by atoms with Gasteiger partial charge in [0.1, 0.15) is 3.58 Å². The van der Waals surface area contributed by atoms with Crippen LogP contribution in [0, 0.1) is 0 Å². The van der Waals surface area contributed by atoms with Crippen molar-refractivity contribution in [1.29, 1.82) is 0 Å². The zero-order valence-electron chi connectivity index (χ0n) is 4.57. The topological polar surface area (TPSA) is 91.7 Å². The molecule has 5 nitrogen and oxygen atoms in total. The maximum atomic E-state index is 10.0. The molecule has 0 aromatic rings. The van der Waals surface area contributed by atoms with Crippen molar-refractivity contribution in [2.45, 2.75) is 0 Å². The molecule has 0 aromatic heterocycles. The van der Waals surface area contributed by atoms with E-state index in [1.165, 1.54) is 0 Å². The fourth-order valence-electron chi connectivity index (χ4n) is 0.225. The Morgan fingerprint density at radius 3 is 1.82 bits per heavy atom. The normalized spacial score (nSPS) is 10.0. The van der Waals surface area contributed by atoms with Gasteiger partial charge < -0.3 is 10.2 Å². The third-order valence-electron chi connectivity index (χ3n) is 0.538. The summed E-state index contributed by atoms with van der Waals surface area (Å²) in [7, 11) is 0. The van der Waals surface area contributed by atoms with Crippen molar-refractivity contribution in [3.05, 3.63) is 9.66 Å². The Labute approximate surface area is 94.4 Å². The Bertz CT molecular complexity index is 211. The van der Waals surface area contributed by atoms with E-state index in [0.29, 0.717) is 6.08 Å². The van der Waals surface area contributed by atoms with E-state index in [4.69, 9.17) is 10.2 Å². The quantitative estimate of drug-likeness (QED) is 0.421. The zero-order valence-corrected chi connectivity index (χ0v) is 6.73. The van der Waals surface area contributed by atoms with Crippen LogP contribution in [-0.4, -0.2) is 51.7 Å². The number of carboxylic acid groups (broad SMARTS) is 2. The first-order valence-electron chi connectivity index (χ1n) is 2.03. The molecule has 0 bridgehead atoms. The van der Waals surface area contributed by atoms with Gasteiger partial charge in [-0.1, -0.05) is 0 Å². The average Bonchev–Trinajstić information content (AvgIpc) is 1.81. The van der Waals surface area contributed by atoms with Gasteiger partial charge in [0.15, 0.2) is 21.2 Å². The first-order chi connectivity index (χ1) is 4.57. The molecule has 7 heteroatoms. The van der Waals surface area contributed by atoms with E-state index in [1.807, 2.05) is 0 Å². The van der Waals surface area contributed by atoms with E-state index < -0.39 is 36.7 Å². The standard InChI is InChI=1S/C4H3IO5.Na.H/c6-3(7)1-2(5-10)4(8)9;;/h1H,(H,6,7)(H,8,9);;/b2-1-;;. The molecule has 2 N–H and O–H groups in total. The van der Waals surface area contributed by atoms with E-state index in [0.717, 1.165) is 0 Å². The molecule has 0 atom stereocenters. The number of carboxylic acids is 2. The van der Waals surface area contributed by atoms with Crippen LogP contribution in [0.15, 0.2) is 9.66 Å². The summed E-state index contributed by atoms with van der Waals surface area (Å²) >= 11 is -1.90. The third kappa shape index (κ3) is 6.60. The minimum absolute atomic E-state index is 0. The molecule has 0 fully saturated rings. The molecule has 0 unspecified atom stereocenters. The number of aliphatic carboxylic acids is 2. The van der Waals surface area contributed by atoms with Crippen molar-refractivity contribution >= 4 is 62.7 Å². The van der Waals surface area contributed by atoms with Crippen LogP contribution in [0.2, 0.25) is 0 Å². The van der Waals surface area contributed by atoms with Gasteiger partial charge in [0.25, 0.3) is 0 Å². The molecule has 0 aliphatic rings. The van der Waals surface area contributed by atoms with Crippen LogP contribution in [0.4, 0.5) is 0 Å². The van der Waals surface area contributed by atoms with Crippen molar-refractivity contribution in [2.75, 3.05) is 0 Å². The van der Waals surface area contributed by atoms with Crippen LogP contribution >= 0.6 is 21.2 Å². The molecule has 0 amide bonds. The first kappa shape index (κ1) is 13.8. The molecule has 0 saturated carbocycles.